The molecule has 1 saturated carbocycles. The molecule has 1 heterocycles. The summed E-state index contributed by atoms with van der Waals surface area (Å²) in [4.78, 5) is 12.3. The van der Waals surface area contributed by atoms with Crippen LogP contribution in [0.4, 0.5) is 5.69 Å². The third kappa shape index (κ3) is 2.59. The molecule has 3 N–H and O–H groups in total. The van der Waals surface area contributed by atoms with Crippen molar-refractivity contribution in [1.29, 1.82) is 0 Å². The molecule has 1 aliphatic carbocycles. The SMILES string of the molecule is Cc1cc(N)ccc1C(=O)NC1CCOC1C1CC1. The van der Waals surface area contributed by atoms with Crippen LogP contribution in [-0.4, -0.2) is 24.7 Å². The molecule has 2 aliphatic rings. The van der Waals surface area contributed by atoms with Crippen molar-refractivity contribution in [3.63, 3.8) is 0 Å². The Labute approximate surface area is 113 Å². The van der Waals surface area contributed by atoms with Gasteiger partial charge in [0.25, 0.3) is 5.91 Å². The van der Waals surface area contributed by atoms with Crippen molar-refractivity contribution in [3.8, 4) is 0 Å². The lowest BCUT2D eigenvalue weighted by Crippen LogP contribution is -2.41. The van der Waals surface area contributed by atoms with Crippen LogP contribution in [0.1, 0.15) is 35.2 Å². The van der Waals surface area contributed by atoms with E-state index in [1.165, 1.54) is 12.8 Å². The first-order valence-electron chi connectivity index (χ1n) is 6.94. The zero-order chi connectivity index (χ0) is 13.4. The Bertz CT molecular complexity index is 497. The van der Waals surface area contributed by atoms with Crippen LogP contribution in [-0.2, 0) is 4.74 Å². The minimum absolute atomic E-state index is 0.0151. The van der Waals surface area contributed by atoms with Crippen molar-refractivity contribution in [2.75, 3.05) is 12.3 Å². The molecule has 3 rings (SSSR count). The number of amides is 1. The van der Waals surface area contributed by atoms with E-state index >= 15 is 0 Å². The van der Waals surface area contributed by atoms with Crippen molar-refractivity contribution >= 4 is 11.6 Å². The zero-order valence-electron chi connectivity index (χ0n) is 11.2. The molecule has 0 spiro atoms. The van der Waals surface area contributed by atoms with Crippen molar-refractivity contribution < 1.29 is 9.53 Å². The molecule has 2 unspecified atom stereocenters. The maximum atomic E-state index is 12.3. The topological polar surface area (TPSA) is 64.4 Å². The summed E-state index contributed by atoms with van der Waals surface area (Å²) in [6.45, 7) is 2.67. The van der Waals surface area contributed by atoms with E-state index < -0.39 is 0 Å². The number of aryl methyl sites for hydroxylation is 1. The van der Waals surface area contributed by atoms with Crippen molar-refractivity contribution in [2.24, 2.45) is 5.92 Å². The minimum atomic E-state index is -0.0151. The Balaban J connectivity index is 1.70. The fourth-order valence-electron chi connectivity index (χ4n) is 2.84. The highest BCUT2D eigenvalue weighted by Gasteiger charge is 2.41. The van der Waals surface area contributed by atoms with Gasteiger partial charge in [-0.05, 0) is 55.9 Å². The van der Waals surface area contributed by atoms with Crippen LogP contribution in [0.25, 0.3) is 0 Å². The largest absolute Gasteiger partial charge is 0.399 e. The van der Waals surface area contributed by atoms with Crippen molar-refractivity contribution in [1.82, 2.24) is 5.32 Å². The normalized spacial score (nSPS) is 26.4. The second-order valence-corrected chi connectivity index (χ2v) is 5.62. The first-order chi connectivity index (χ1) is 9.15. The smallest absolute Gasteiger partial charge is 0.251 e. The molecule has 0 bridgehead atoms. The number of nitrogens with one attached hydrogen (secondary N) is 1. The number of benzene rings is 1. The fourth-order valence-corrected chi connectivity index (χ4v) is 2.84. The predicted molar refractivity (Wildman–Crippen MR) is 73.9 cm³/mol. The van der Waals surface area contributed by atoms with Crippen LogP contribution in [0.2, 0.25) is 0 Å². The molecule has 1 aromatic carbocycles. The van der Waals surface area contributed by atoms with E-state index in [9.17, 15) is 4.79 Å². The summed E-state index contributed by atoms with van der Waals surface area (Å²) >= 11 is 0. The van der Waals surface area contributed by atoms with E-state index in [1.54, 1.807) is 12.1 Å². The summed E-state index contributed by atoms with van der Waals surface area (Å²) < 4.78 is 5.74. The number of carbonyl (C=O) groups is 1. The standard InChI is InChI=1S/C15H20N2O2/c1-9-8-11(16)4-5-12(9)15(18)17-13-6-7-19-14(13)10-2-3-10/h4-5,8,10,13-14H,2-3,6-7,16H2,1H3,(H,17,18). The third-order valence-electron chi connectivity index (χ3n) is 4.03. The highest BCUT2D eigenvalue weighted by molar-refractivity contribution is 5.96. The Kier molecular flexibility index (Phi) is 3.19. The van der Waals surface area contributed by atoms with Crippen LogP contribution in [0.15, 0.2) is 18.2 Å². The second kappa shape index (κ2) is 4.85. The lowest BCUT2D eigenvalue weighted by atomic mass is 10.0. The number of ether oxygens (including phenoxy) is 1. The lowest BCUT2D eigenvalue weighted by molar-refractivity contribution is 0.0729. The quantitative estimate of drug-likeness (QED) is 0.815. The number of nitrogen functional groups attached to an aromatic ring is 1. The van der Waals surface area contributed by atoms with Gasteiger partial charge in [0.15, 0.2) is 0 Å². The Morgan fingerprint density at radius 2 is 2.16 bits per heavy atom. The highest BCUT2D eigenvalue weighted by Crippen LogP contribution is 2.38. The van der Waals surface area contributed by atoms with Gasteiger partial charge in [-0.3, -0.25) is 4.79 Å². The fraction of sp³-hybridized carbons (Fsp3) is 0.533. The molecule has 1 saturated heterocycles. The maximum absolute atomic E-state index is 12.3. The first-order valence-corrected chi connectivity index (χ1v) is 6.94. The minimum Gasteiger partial charge on any atom is -0.399 e. The summed E-state index contributed by atoms with van der Waals surface area (Å²) in [7, 11) is 0. The molecule has 102 valence electrons. The van der Waals surface area contributed by atoms with E-state index in [0.717, 1.165) is 18.6 Å². The Hall–Kier alpha value is -1.55. The number of hydrogen-bond acceptors (Lipinski definition) is 3. The van der Waals surface area contributed by atoms with Gasteiger partial charge >= 0.3 is 0 Å². The van der Waals surface area contributed by atoms with Crippen molar-refractivity contribution in [3.05, 3.63) is 29.3 Å². The molecule has 4 heteroatoms. The number of hydrogen-bond donors (Lipinski definition) is 2. The molecule has 2 atom stereocenters. The molecule has 0 aromatic heterocycles. The van der Waals surface area contributed by atoms with Gasteiger partial charge in [0.05, 0.1) is 12.1 Å². The van der Waals surface area contributed by atoms with Crippen LogP contribution in [0.3, 0.4) is 0 Å². The van der Waals surface area contributed by atoms with Gasteiger partial charge in [0.2, 0.25) is 0 Å². The van der Waals surface area contributed by atoms with E-state index in [4.69, 9.17) is 10.5 Å². The first kappa shape index (κ1) is 12.5. The summed E-state index contributed by atoms with van der Waals surface area (Å²) in [5.41, 5.74) is 8.02. The highest BCUT2D eigenvalue weighted by atomic mass is 16.5. The van der Waals surface area contributed by atoms with Crippen LogP contribution in [0.5, 0.6) is 0 Å². The van der Waals surface area contributed by atoms with Gasteiger partial charge in [-0.2, -0.15) is 0 Å². The van der Waals surface area contributed by atoms with E-state index in [1.807, 2.05) is 13.0 Å². The number of anilines is 1. The van der Waals surface area contributed by atoms with E-state index in [0.29, 0.717) is 17.2 Å². The van der Waals surface area contributed by atoms with Gasteiger partial charge in [-0.15, -0.1) is 0 Å². The van der Waals surface area contributed by atoms with Crippen LogP contribution in [0, 0.1) is 12.8 Å². The van der Waals surface area contributed by atoms with Gasteiger partial charge in [-0.25, -0.2) is 0 Å². The average molecular weight is 260 g/mol. The Morgan fingerprint density at radius 1 is 1.37 bits per heavy atom. The number of rotatable bonds is 3. The molecule has 2 fully saturated rings. The van der Waals surface area contributed by atoms with E-state index in [2.05, 4.69) is 5.32 Å². The van der Waals surface area contributed by atoms with Gasteiger partial charge in [-0.1, -0.05) is 0 Å². The molecular weight excluding hydrogens is 240 g/mol. The van der Waals surface area contributed by atoms with Crippen LogP contribution < -0.4 is 11.1 Å². The van der Waals surface area contributed by atoms with Gasteiger partial charge in [0, 0.05) is 17.9 Å². The summed E-state index contributed by atoms with van der Waals surface area (Å²) in [6.07, 6.45) is 3.61. The molecule has 1 aliphatic heterocycles. The molecular formula is C15H20N2O2. The van der Waals surface area contributed by atoms with Crippen LogP contribution >= 0.6 is 0 Å². The monoisotopic (exact) mass is 260 g/mol. The molecule has 1 amide bonds. The predicted octanol–water partition coefficient (Wildman–Crippen LogP) is 1.87. The Morgan fingerprint density at radius 3 is 2.84 bits per heavy atom. The zero-order valence-corrected chi connectivity index (χ0v) is 11.2. The summed E-state index contributed by atoms with van der Waals surface area (Å²) in [6, 6.07) is 5.56. The van der Waals surface area contributed by atoms with Gasteiger partial charge < -0.3 is 15.8 Å². The molecule has 1 aromatic rings. The molecule has 19 heavy (non-hydrogen) atoms. The third-order valence-corrected chi connectivity index (χ3v) is 4.03. The second-order valence-electron chi connectivity index (χ2n) is 5.62. The average Bonchev–Trinajstić information content (AvgIpc) is 3.10. The summed E-state index contributed by atoms with van der Waals surface area (Å²) in [5, 5.41) is 3.12. The van der Waals surface area contributed by atoms with Gasteiger partial charge in [0.1, 0.15) is 0 Å². The number of carbonyl (C=O) groups excluding carboxylic acids is 1. The number of nitrogens with two attached hydrogens (primary N) is 1. The lowest BCUT2D eigenvalue weighted by Gasteiger charge is -2.20. The molecule has 4 nitrogen and oxygen atoms in total. The van der Waals surface area contributed by atoms with Crippen molar-refractivity contribution in [2.45, 2.75) is 38.3 Å². The maximum Gasteiger partial charge on any atom is 0.251 e. The van der Waals surface area contributed by atoms with E-state index in [-0.39, 0.29) is 18.1 Å². The molecule has 0 radical (unpaired) electrons. The summed E-state index contributed by atoms with van der Waals surface area (Å²) in [5.74, 6) is 0.638.